The van der Waals surface area contributed by atoms with Gasteiger partial charge in [-0.3, -0.25) is 9.78 Å². The van der Waals surface area contributed by atoms with Crippen LogP contribution in [0.15, 0.2) is 22.9 Å². The highest BCUT2D eigenvalue weighted by atomic mass is 19.4. The number of aryl methyl sites for hydroxylation is 1. The van der Waals surface area contributed by atoms with Crippen molar-refractivity contribution in [3.05, 3.63) is 41.3 Å². The van der Waals surface area contributed by atoms with E-state index in [1.807, 2.05) is 6.92 Å². The zero-order valence-electron chi connectivity index (χ0n) is 12.2. The number of amides is 1. The van der Waals surface area contributed by atoms with Crippen molar-refractivity contribution in [2.24, 2.45) is 0 Å². The summed E-state index contributed by atoms with van der Waals surface area (Å²) >= 11 is 0. The van der Waals surface area contributed by atoms with Gasteiger partial charge in [-0.05, 0) is 25.5 Å². The fourth-order valence-corrected chi connectivity index (χ4v) is 2.45. The average Bonchev–Trinajstić information content (AvgIpc) is 3.16. The molecule has 23 heavy (non-hydrogen) atoms. The normalized spacial score (nSPS) is 18.4. The second kappa shape index (κ2) is 5.64. The van der Waals surface area contributed by atoms with Crippen molar-refractivity contribution in [3.8, 4) is 0 Å². The number of likely N-dealkylation sites (tertiary alicyclic amines) is 1. The van der Waals surface area contributed by atoms with Gasteiger partial charge in [-0.1, -0.05) is 5.16 Å². The molecule has 1 aliphatic rings. The van der Waals surface area contributed by atoms with Gasteiger partial charge in [0.1, 0.15) is 0 Å². The molecule has 2 aromatic rings. The maximum Gasteiger partial charge on any atom is 0.471 e. The number of halogens is 3. The van der Waals surface area contributed by atoms with E-state index in [0.717, 1.165) is 5.69 Å². The Balaban J connectivity index is 1.69. The fourth-order valence-electron chi connectivity index (χ4n) is 2.45. The van der Waals surface area contributed by atoms with E-state index >= 15 is 0 Å². The molecule has 0 bridgehead atoms. The Bertz CT molecular complexity index is 712. The summed E-state index contributed by atoms with van der Waals surface area (Å²) in [5.41, 5.74) is 1.24. The number of hydrogen-bond acceptors (Lipinski definition) is 5. The zero-order valence-corrected chi connectivity index (χ0v) is 12.2. The van der Waals surface area contributed by atoms with Crippen LogP contribution in [0.2, 0.25) is 0 Å². The van der Waals surface area contributed by atoms with Gasteiger partial charge >= 0.3 is 12.1 Å². The number of hydrogen-bond donors (Lipinski definition) is 0. The molecule has 3 rings (SSSR count). The topological polar surface area (TPSA) is 72.1 Å². The summed E-state index contributed by atoms with van der Waals surface area (Å²) in [6, 6.07) is 3.41. The molecule has 1 saturated heterocycles. The number of pyridine rings is 1. The van der Waals surface area contributed by atoms with E-state index < -0.39 is 12.1 Å². The van der Waals surface area contributed by atoms with Crippen LogP contribution in [-0.4, -0.2) is 39.0 Å². The molecule has 1 atom stereocenters. The molecule has 6 nitrogen and oxygen atoms in total. The van der Waals surface area contributed by atoms with E-state index in [4.69, 9.17) is 0 Å². The first kappa shape index (κ1) is 15.4. The van der Waals surface area contributed by atoms with Crippen molar-refractivity contribution in [2.45, 2.75) is 25.4 Å². The molecule has 0 unspecified atom stereocenters. The Morgan fingerprint density at radius 3 is 2.78 bits per heavy atom. The first-order chi connectivity index (χ1) is 10.8. The largest absolute Gasteiger partial charge is 0.471 e. The van der Waals surface area contributed by atoms with Crippen LogP contribution in [0.4, 0.5) is 13.2 Å². The monoisotopic (exact) mass is 326 g/mol. The Morgan fingerprint density at radius 2 is 2.17 bits per heavy atom. The summed E-state index contributed by atoms with van der Waals surface area (Å²) in [4.78, 5) is 21.4. The summed E-state index contributed by atoms with van der Waals surface area (Å²) in [5.74, 6) is -1.95. The van der Waals surface area contributed by atoms with Gasteiger partial charge in [0, 0.05) is 30.9 Å². The quantitative estimate of drug-likeness (QED) is 0.847. The highest BCUT2D eigenvalue weighted by Gasteiger charge is 2.40. The first-order valence-corrected chi connectivity index (χ1v) is 6.97. The maximum atomic E-state index is 12.5. The molecule has 0 aliphatic carbocycles. The average molecular weight is 326 g/mol. The molecule has 0 aromatic carbocycles. The van der Waals surface area contributed by atoms with Gasteiger partial charge in [0.15, 0.2) is 5.82 Å². The molecule has 3 heterocycles. The lowest BCUT2D eigenvalue weighted by atomic mass is 10.1. The highest BCUT2D eigenvalue weighted by Crippen LogP contribution is 2.31. The molecule has 1 amide bonds. The van der Waals surface area contributed by atoms with Gasteiger partial charge in [0.2, 0.25) is 0 Å². The molecule has 9 heteroatoms. The molecular formula is C14H13F3N4O2. The van der Waals surface area contributed by atoms with Crippen LogP contribution < -0.4 is 0 Å². The van der Waals surface area contributed by atoms with E-state index in [1.165, 1.54) is 6.20 Å². The van der Waals surface area contributed by atoms with Crippen molar-refractivity contribution in [2.75, 3.05) is 13.1 Å². The Hall–Kier alpha value is -2.45. The lowest BCUT2D eigenvalue weighted by Gasteiger charge is -2.15. The highest BCUT2D eigenvalue weighted by molar-refractivity contribution is 5.94. The van der Waals surface area contributed by atoms with Crippen LogP contribution in [0.5, 0.6) is 0 Å². The van der Waals surface area contributed by atoms with Gasteiger partial charge in [-0.15, -0.1) is 0 Å². The number of rotatable bonds is 2. The van der Waals surface area contributed by atoms with Crippen LogP contribution in [0, 0.1) is 6.92 Å². The minimum Gasteiger partial charge on any atom is -0.338 e. The zero-order chi connectivity index (χ0) is 16.6. The van der Waals surface area contributed by atoms with Gasteiger partial charge in [-0.25, -0.2) is 0 Å². The Morgan fingerprint density at radius 1 is 1.39 bits per heavy atom. The Kier molecular flexibility index (Phi) is 3.78. The van der Waals surface area contributed by atoms with Gasteiger partial charge < -0.3 is 9.42 Å². The van der Waals surface area contributed by atoms with Crippen molar-refractivity contribution in [1.29, 1.82) is 0 Å². The van der Waals surface area contributed by atoms with Crippen LogP contribution in [0.25, 0.3) is 0 Å². The fraction of sp³-hybridized carbons (Fsp3) is 0.429. The second-order valence-electron chi connectivity index (χ2n) is 5.38. The van der Waals surface area contributed by atoms with E-state index in [2.05, 4.69) is 19.6 Å². The first-order valence-electron chi connectivity index (χ1n) is 6.97. The van der Waals surface area contributed by atoms with Gasteiger partial charge in [0.05, 0.1) is 5.56 Å². The van der Waals surface area contributed by atoms with E-state index in [-0.39, 0.29) is 24.2 Å². The van der Waals surface area contributed by atoms with Gasteiger partial charge in [0.25, 0.3) is 5.91 Å². The van der Waals surface area contributed by atoms with Crippen molar-refractivity contribution in [1.82, 2.24) is 20.0 Å². The van der Waals surface area contributed by atoms with Crippen molar-refractivity contribution < 1.29 is 22.5 Å². The number of nitrogens with zero attached hydrogens (tertiary/aromatic N) is 4. The van der Waals surface area contributed by atoms with Crippen LogP contribution >= 0.6 is 0 Å². The number of aromatic nitrogens is 3. The van der Waals surface area contributed by atoms with Gasteiger partial charge in [-0.2, -0.15) is 18.2 Å². The molecule has 2 aromatic heterocycles. The van der Waals surface area contributed by atoms with Crippen LogP contribution in [-0.2, 0) is 6.18 Å². The molecule has 1 aliphatic heterocycles. The predicted octanol–water partition coefficient (Wildman–Crippen LogP) is 2.42. The maximum absolute atomic E-state index is 12.5. The summed E-state index contributed by atoms with van der Waals surface area (Å²) in [7, 11) is 0. The molecule has 0 N–H and O–H groups in total. The molecule has 1 fully saturated rings. The number of alkyl halides is 3. The third kappa shape index (κ3) is 3.17. The summed E-state index contributed by atoms with van der Waals surface area (Å²) in [5, 5.41) is 3.39. The third-order valence-corrected chi connectivity index (χ3v) is 3.68. The molecule has 0 saturated carbocycles. The lowest BCUT2D eigenvalue weighted by Crippen LogP contribution is -2.28. The number of carbonyl (C=O) groups is 1. The molecule has 122 valence electrons. The van der Waals surface area contributed by atoms with Crippen LogP contribution in [0.3, 0.4) is 0 Å². The summed E-state index contributed by atoms with van der Waals surface area (Å²) in [6.45, 7) is 2.49. The molecule has 0 radical (unpaired) electrons. The van der Waals surface area contributed by atoms with E-state index in [9.17, 15) is 18.0 Å². The predicted molar refractivity (Wildman–Crippen MR) is 71.5 cm³/mol. The standard InChI is InChI=1S/C14H13F3N4O2/c1-8-2-3-9(6-18-8)12(22)21-5-4-10(7-21)11-19-13(23-20-11)14(15,16)17/h2-3,6,10H,4-5,7H2,1H3/t10-/m1/s1. The van der Waals surface area contributed by atoms with Crippen LogP contribution in [0.1, 0.15) is 40.1 Å². The Labute approximate surface area is 129 Å². The lowest BCUT2D eigenvalue weighted by molar-refractivity contribution is -0.159. The minimum atomic E-state index is -4.66. The van der Waals surface area contributed by atoms with Crippen molar-refractivity contribution in [3.63, 3.8) is 0 Å². The number of carbonyl (C=O) groups excluding carboxylic acids is 1. The van der Waals surface area contributed by atoms with Crippen molar-refractivity contribution >= 4 is 5.91 Å². The smallest absolute Gasteiger partial charge is 0.338 e. The van der Waals surface area contributed by atoms with E-state index in [0.29, 0.717) is 18.5 Å². The third-order valence-electron chi connectivity index (χ3n) is 3.68. The molecular weight excluding hydrogens is 313 g/mol. The SMILES string of the molecule is Cc1ccc(C(=O)N2CC[C@@H](c3noc(C(F)(F)F)n3)C2)cn1. The second-order valence-corrected chi connectivity index (χ2v) is 5.38. The summed E-state index contributed by atoms with van der Waals surface area (Å²) < 4.78 is 41.7. The minimum absolute atomic E-state index is 0.0188. The molecule has 0 spiro atoms. The van der Waals surface area contributed by atoms with E-state index in [1.54, 1.807) is 17.0 Å². The summed E-state index contributed by atoms with van der Waals surface area (Å²) in [6.07, 6.45) is -2.68.